The predicted octanol–water partition coefficient (Wildman–Crippen LogP) is 1.06. The van der Waals surface area contributed by atoms with Crippen LogP contribution in [0.1, 0.15) is 31.2 Å². The molecule has 1 aliphatic carbocycles. The monoisotopic (exact) mass is 223 g/mol. The molecule has 2 unspecified atom stereocenters. The summed E-state index contributed by atoms with van der Waals surface area (Å²) < 4.78 is 1.82. The van der Waals surface area contributed by atoms with Gasteiger partial charge in [0.1, 0.15) is 0 Å². The Morgan fingerprint density at radius 3 is 3.00 bits per heavy atom. The van der Waals surface area contributed by atoms with Gasteiger partial charge in [-0.15, -0.1) is 0 Å². The maximum atomic E-state index is 9.31. The van der Waals surface area contributed by atoms with Crippen LogP contribution in [0.2, 0.25) is 0 Å². The van der Waals surface area contributed by atoms with Crippen molar-refractivity contribution >= 4 is 0 Å². The number of aryl methyl sites for hydroxylation is 1. The van der Waals surface area contributed by atoms with Crippen LogP contribution in [0.5, 0.6) is 0 Å². The first-order valence-corrected chi connectivity index (χ1v) is 6.11. The smallest absolute Gasteiger partial charge is 0.0534 e. The fourth-order valence-corrected chi connectivity index (χ4v) is 2.51. The summed E-state index contributed by atoms with van der Waals surface area (Å²) in [6.07, 6.45) is 8.80. The lowest BCUT2D eigenvalue weighted by molar-refractivity contribution is 0.152. The van der Waals surface area contributed by atoms with Crippen LogP contribution in [-0.2, 0) is 13.6 Å². The quantitative estimate of drug-likeness (QED) is 0.802. The van der Waals surface area contributed by atoms with Crippen molar-refractivity contribution in [3.63, 3.8) is 0 Å². The lowest BCUT2D eigenvalue weighted by Gasteiger charge is -2.30. The van der Waals surface area contributed by atoms with Crippen molar-refractivity contribution in [3.8, 4) is 0 Å². The number of aromatic nitrogens is 2. The highest BCUT2D eigenvalue weighted by molar-refractivity contribution is 5.03. The van der Waals surface area contributed by atoms with Gasteiger partial charge in [0.25, 0.3) is 0 Å². The minimum Gasteiger partial charge on any atom is -0.396 e. The topological polar surface area (TPSA) is 50.1 Å². The molecule has 1 aromatic heterocycles. The third kappa shape index (κ3) is 2.83. The minimum absolute atomic E-state index is 0.310. The second kappa shape index (κ2) is 5.46. The van der Waals surface area contributed by atoms with E-state index >= 15 is 0 Å². The minimum atomic E-state index is 0.310. The SMILES string of the molecule is Cn1cc(CNC2CCCCC2CO)cn1. The predicted molar refractivity (Wildman–Crippen MR) is 62.9 cm³/mol. The summed E-state index contributed by atoms with van der Waals surface area (Å²) in [6, 6.07) is 0.471. The van der Waals surface area contributed by atoms with Crippen molar-refractivity contribution < 1.29 is 5.11 Å². The second-order valence-electron chi connectivity index (χ2n) is 4.74. The summed E-state index contributed by atoms with van der Waals surface area (Å²) in [5.41, 5.74) is 1.21. The van der Waals surface area contributed by atoms with Crippen molar-refractivity contribution in [2.24, 2.45) is 13.0 Å². The molecule has 4 nitrogen and oxygen atoms in total. The summed E-state index contributed by atoms with van der Waals surface area (Å²) in [5.74, 6) is 0.436. The zero-order valence-electron chi connectivity index (χ0n) is 9.89. The van der Waals surface area contributed by atoms with Crippen molar-refractivity contribution in [1.29, 1.82) is 0 Å². The highest BCUT2D eigenvalue weighted by Gasteiger charge is 2.23. The van der Waals surface area contributed by atoms with E-state index < -0.39 is 0 Å². The molecule has 2 rings (SSSR count). The first-order chi connectivity index (χ1) is 7.79. The second-order valence-corrected chi connectivity index (χ2v) is 4.74. The van der Waals surface area contributed by atoms with E-state index in [2.05, 4.69) is 10.4 Å². The molecule has 0 spiro atoms. The average molecular weight is 223 g/mol. The molecule has 1 fully saturated rings. The van der Waals surface area contributed by atoms with E-state index in [1.807, 2.05) is 24.1 Å². The van der Waals surface area contributed by atoms with Gasteiger partial charge in [-0.05, 0) is 18.8 Å². The number of nitrogens with zero attached hydrogens (tertiary/aromatic N) is 2. The molecule has 0 aromatic carbocycles. The molecule has 90 valence electrons. The Labute approximate surface area is 96.7 Å². The number of hydrogen-bond donors (Lipinski definition) is 2. The summed E-state index contributed by atoms with van der Waals surface area (Å²) in [4.78, 5) is 0. The van der Waals surface area contributed by atoms with E-state index in [0.717, 1.165) is 13.0 Å². The molecule has 0 aliphatic heterocycles. The van der Waals surface area contributed by atoms with E-state index in [4.69, 9.17) is 0 Å². The lowest BCUT2D eigenvalue weighted by Crippen LogP contribution is -2.39. The summed E-state index contributed by atoms with van der Waals surface area (Å²) in [7, 11) is 1.93. The number of hydrogen-bond acceptors (Lipinski definition) is 3. The molecule has 0 radical (unpaired) electrons. The van der Waals surface area contributed by atoms with E-state index in [0.29, 0.717) is 18.6 Å². The Morgan fingerprint density at radius 2 is 2.31 bits per heavy atom. The molecule has 2 atom stereocenters. The van der Waals surface area contributed by atoms with Gasteiger partial charge in [-0.2, -0.15) is 5.10 Å². The van der Waals surface area contributed by atoms with Gasteiger partial charge in [0.15, 0.2) is 0 Å². The molecule has 4 heteroatoms. The number of aliphatic hydroxyl groups excluding tert-OH is 1. The van der Waals surface area contributed by atoms with Crippen molar-refractivity contribution in [3.05, 3.63) is 18.0 Å². The molecule has 1 heterocycles. The average Bonchev–Trinajstić information content (AvgIpc) is 2.73. The van der Waals surface area contributed by atoms with Gasteiger partial charge in [-0.1, -0.05) is 12.8 Å². The summed E-state index contributed by atoms with van der Waals surface area (Å²) in [5, 5.41) is 17.0. The molecule has 1 saturated carbocycles. The molecule has 1 aliphatic rings. The van der Waals surface area contributed by atoms with Crippen LogP contribution in [0.4, 0.5) is 0 Å². The number of aliphatic hydroxyl groups is 1. The molecule has 0 saturated heterocycles. The van der Waals surface area contributed by atoms with Crippen LogP contribution >= 0.6 is 0 Å². The van der Waals surface area contributed by atoms with Crippen LogP contribution in [0.15, 0.2) is 12.4 Å². The van der Waals surface area contributed by atoms with Crippen molar-refractivity contribution in [1.82, 2.24) is 15.1 Å². The van der Waals surface area contributed by atoms with Gasteiger partial charge in [0.05, 0.1) is 6.20 Å². The zero-order valence-corrected chi connectivity index (χ0v) is 9.89. The van der Waals surface area contributed by atoms with Gasteiger partial charge in [0.2, 0.25) is 0 Å². The third-order valence-electron chi connectivity index (χ3n) is 3.47. The third-order valence-corrected chi connectivity index (χ3v) is 3.47. The zero-order chi connectivity index (χ0) is 11.4. The molecule has 0 amide bonds. The molecular weight excluding hydrogens is 202 g/mol. The van der Waals surface area contributed by atoms with E-state index in [1.54, 1.807) is 0 Å². The maximum absolute atomic E-state index is 9.31. The molecule has 1 aromatic rings. The fourth-order valence-electron chi connectivity index (χ4n) is 2.51. The first kappa shape index (κ1) is 11.6. The number of rotatable bonds is 4. The van der Waals surface area contributed by atoms with Crippen molar-refractivity contribution in [2.45, 2.75) is 38.3 Å². The van der Waals surface area contributed by atoms with Gasteiger partial charge in [-0.3, -0.25) is 4.68 Å². The van der Waals surface area contributed by atoms with Crippen LogP contribution in [0.3, 0.4) is 0 Å². The van der Waals surface area contributed by atoms with Crippen LogP contribution < -0.4 is 5.32 Å². The van der Waals surface area contributed by atoms with Gasteiger partial charge in [0, 0.05) is 38.0 Å². The first-order valence-electron chi connectivity index (χ1n) is 6.11. The van der Waals surface area contributed by atoms with Crippen LogP contribution in [0, 0.1) is 5.92 Å². The highest BCUT2D eigenvalue weighted by atomic mass is 16.3. The van der Waals surface area contributed by atoms with Crippen molar-refractivity contribution in [2.75, 3.05) is 6.61 Å². The largest absolute Gasteiger partial charge is 0.396 e. The molecule has 0 bridgehead atoms. The standard InChI is InChI=1S/C12H21N3O/c1-15-8-10(7-14-15)6-13-12-5-3-2-4-11(12)9-16/h7-8,11-13,16H,2-6,9H2,1H3. The molecular formula is C12H21N3O. The van der Waals surface area contributed by atoms with Gasteiger partial charge in [-0.25, -0.2) is 0 Å². The normalized spacial score (nSPS) is 25.9. The van der Waals surface area contributed by atoms with E-state index in [1.165, 1.54) is 24.8 Å². The molecule has 16 heavy (non-hydrogen) atoms. The Morgan fingerprint density at radius 1 is 1.50 bits per heavy atom. The molecule has 2 N–H and O–H groups in total. The summed E-state index contributed by atoms with van der Waals surface area (Å²) >= 11 is 0. The Bertz CT molecular complexity index is 324. The van der Waals surface area contributed by atoms with E-state index in [9.17, 15) is 5.11 Å². The van der Waals surface area contributed by atoms with Crippen LogP contribution in [0.25, 0.3) is 0 Å². The number of nitrogens with one attached hydrogen (secondary N) is 1. The maximum Gasteiger partial charge on any atom is 0.0534 e. The van der Waals surface area contributed by atoms with E-state index in [-0.39, 0.29) is 0 Å². The van der Waals surface area contributed by atoms with Crippen LogP contribution in [-0.4, -0.2) is 27.5 Å². The Kier molecular flexibility index (Phi) is 3.96. The summed E-state index contributed by atoms with van der Waals surface area (Å²) in [6.45, 7) is 1.17. The fraction of sp³-hybridized carbons (Fsp3) is 0.750. The highest BCUT2D eigenvalue weighted by Crippen LogP contribution is 2.24. The van der Waals surface area contributed by atoms with Gasteiger partial charge >= 0.3 is 0 Å². The Balaban J connectivity index is 1.84. The lowest BCUT2D eigenvalue weighted by atomic mass is 9.85. The Hall–Kier alpha value is -0.870. The van der Waals surface area contributed by atoms with Gasteiger partial charge < -0.3 is 10.4 Å².